The molecule has 384 valence electrons. The smallest absolute Gasteiger partial charge is 0.329 e. The molecule has 0 aromatic carbocycles. The minimum Gasteiger partial charge on any atom is -0.460 e. The molecule has 1 saturated carbocycles. The Bertz CT molecular complexity index is 2020. The molecule has 17 nitrogen and oxygen atoms in total. The molecule has 2 bridgehead atoms. The second-order valence-corrected chi connectivity index (χ2v) is 20.3. The fourth-order valence-corrected chi connectivity index (χ4v) is 10.7. The van der Waals surface area contributed by atoms with Crippen molar-refractivity contribution >= 4 is 29.2 Å². The average molecular weight is 966 g/mol. The van der Waals surface area contributed by atoms with Gasteiger partial charge < -0.3 is 38.8 Å². The molecule has 5 rings (SSSR count). The van der Waals surface area contributed by atoms with Gasteiger partial charge in [0.1, 0.15) is 30.1 Å². The van der Waals surface area contributed by atoms with Crippen molar-refractivity contribution in [2.75, 3.05) is 27.9 Å². The van der Waals surface area contributed by atoms with E-state index in [-0.39, 0.29) is 60.9 Å². The van der Waals surface area contributed by atoms with E-state index in [4.69, 9.17) is 23.7 Å². The number of tetrazole rings is 1. The number of piperidine rings is 1. The Kier molecular flexibility index (Phi) is 20.8. The lowest BCUT2D eigenvalue weighted by molar-refractivity contribution is -0.265. The number of methoxy groups -OCH3 is 3. The van der Waals surface area contributed by atoms with Crippen molar-refractivity contribution in [2.45, 2.75) is 180 Å². The first-order valence-electron chi connectivity index (χ1n) is 25.0. The van der Waals surface area contributed by atoms with Crippen LogP contribution in [0.2, 0.25) is 0 Å². The zero-order valence-electron chi connectivity index (χ0n) is 42.5. The van der Waals surface area contributed by atoms with Crippen LogP contribution in [0.25, 0.3) is 0 Å². The van der Waals surface area contributed by atoms with Crippen molar-refractivity contribution in [2.24, 2.45) is 35.5 Å². The molecule has 2 N–H and O–H groups in total. The standard InChI is InChI=1S/C52H79N5O12/c1-31-16-12-11-13-17-32(2)43(65-8)28-39-21-19-37(7)52(64,69-39)49(61)50(62)56-23-15-14-18-41(56)51(63)68-44(34(4)26-38-20-22-40(45(27-38)66-9)57-54-30-53-55-57)29-42(58)33(3)25-36(6)47(60)48(67-10)46(59)35(5)24-31/h11-13,16-17,25,30-31,33-35,37-41,43-45,47-48,60,64H,14-15,18-24,26-29H2,1-10H3/b13-11+,16-12+,32-17+,36-25+/t31-,33-,34-,35?,37-,38?,39+,40+,41+,43+,44?,45?,47-,48?,52-/m1/s1. The van der Waals surface area contributed by atoms with Crippen LogP contribution in [0.4, 0.5) is 0 Å². The lowest BCUT2D eigenvalue weighted by Crippen LogP contribution is -2.61. The number of aromatic nitrogens is 4. The number of Topliss-reactive ketones (excluding diaryl/α,β-unsaturated/α-hetero) is 3. The van der Waals surface area contributed by atoms with Gasteiger partial charge in [0.25, 0.3) is 11.7 Å². The van der Waals surface area contributed by atoms with Crippen LogP contribution in [0.5, 0.6) is 0 Å². The molecule has 17 heteroatoms. The summed E-state index contributed by atoms with van der Waals surface area (Å²) in [4.78, 5) is 73.9. The molecule has 15 atom stereocenters. The van der Waals surface area contributed by atoms with Gasteiger partial charge in [0.05, 0.1) is 24.4 Å². The summed E-state index contributed by atoms with van der Waals surface area (Å²) >= 11 is 0. The van der Waals surface area contributed by atoms with E-state index >= 15 is 0 Å². The summed E-state index contributed by atoms with van der Waals surface area (Å²) in [6.07, 6.45) is 13.7. The maximum Gasteiger partial charge on any atom is 0.329 e. The van der Waals surface area contributed by atoms with Crippen LogP contribution in [0.1, 0.15) is 132 Å². The van der Waals surface area contributed by atoms with Crippen LogP contribution in [-0.4, -0.2) is 141 Å². The molecule has 1 aromatic heterocycles. The summed E-state index contributed by atoms with van der Waals surface area (Å²) in [5.41, 5.74) is 1.27. The number of hydrogen-bond donors (Lipinski definition) is 2. The number of carbonyl (C=O) groups is 5. The minimum atomic E-state index is -2.43. The molecule has 3 aliphatic heterocycles. The van der Waals surface area contributed by atoms with E-state index in [9.17, 15) is 34.2 Å². The topological polar surface area (TPSA) is 219 Å². The third-order valence-electron chi connectivity index (χ3n) is 15.1. The molecule has 0 spiro atoms. The van der Waals surface area contributed by atoms with Crippen molar-refractivity contribution in [3.8, 4) is 0 Å². The highest BCUT2D eigenvalue weighted by Gasteiger charge is 2.53. The van der Waals surface area contributed by atoms with Crippen molar-refractivity contribution < 1.29 is 57.9 Å². The van der Waals surface area contributed by atoms with Gasteiger partial charge in [0, 0.05) is 58.5 Å². The van der Waals surface area contributed by atoms with Crippen LogP contribution >= 0.6 is 0 Å². The molecule has 69 heavy (non-hydrogen) atoms. The summed E-state index contributed by atoms with van der Waals surface area (Å²) in [5, 5.41) is 35.7. The van der Waals surface area contributed by atoms with E-state index in [0.29, 0.717) is 56.9 Å². The monoisotopic (exact) mass is 966 g/mol. The Morgan fingerprint density at radius 3 is 2.32 bits per heavy atom. The highest BCUT2D eigenvalue weighted by Crippen LogP contribution is 2.39. The Labute approximate surface area is 408 Å². The van der Waals surface area contributed by atoms with Gasteiger partial charge in [-0.3, -0.25) is 19.2 Å². The fourth-order valence-electron chi connectivity index (χ4n) is 10.7. The summed E-state index contributed by atoms with van der Waals surface area (Å²) in [6, 6.07) is -1.24. The molecule has 2 saturated heterocycles. The molecule has 3 fully saturated rings. The summed E-state index contributed by atoms with van der Waals surface area (Å²) in [6.45, 7) is 12.8. The van der Waals surface area contributed by atoms with E-state index in [2.05, 4.69) is 15.4 Å². The number of nitrogens with zero attached hydrogens (tertiary/aromatic N) is 5. The zero-order valence-corrected chi connectivity index (χ0v) is 42.5. The lowest BCUT2D eigenvalue weighted by Gasteiger charge is -2.42. The molecule has 0 radical (unpaired) electrons. The van der Waals surface area contributed by atoms with Gasteiger partial charge in [0.15, 0.2) is 12.1 Å². The number of allylic oxidation sites excluding steroid dienone is 6. The molecule has 4 heterocycles. The Morgan fingerprint density at radius 2 is 1.64 bits per heavy atom. The second-order valence-electron chi connectivity index (χ2n) is 20.3. The van der Waals surface area contributed by atoms with E-state index in [1.807, 2.05) is 58.1 Å². The number of carbonyl (C=O) groups excluding carboxylic acids is 5. The number of aliphatic hydroxyl groups is 2. The molecular formula is C52H79N5O12. The van der Waals surface area contributed by atoms with Crippen molar-refractivity contribution in [1.29, 1.82) is 0 Å². The first kappa shape index (κ1) is 55.7. The highest BCUT2D eigenvalue weighted by atomic mass is 16.6. The van der Waals surface area contributed by atoms with Gasteiger partial charge in [-0.15, -0.1) is 10.2 Å². The largest absolute Gasteiger partial charge is 0.460 e. The SMILES string of the molecule is COC1C(=O)C(C)C[C@H](C)/C=C/C=C/C=C(\C)[C@@H](OC)C[C@@H]2CC[C@@H](C)[C@@](O)(O2)C(=O)C(=O)N2CCCC[C@H]2C(=O)OC([C@H](C)CC2CC[C@H](n3ncnn3)C(OC)C2)CC(=O)[C@H](C)/C=C(\C)[C@H]1O. The van der Waals surface area contributed by atoms with Crippen LogP contribution in [0.3, 0.4) is 0 Å². The van der Waals surface area contributed by atoms with Crippen molar-refractivity contribution in [3.05, 3.63) is 53.9 Å². The number of aliphatic hydroxyl groups excluding tert-OH is 1. The predicted molar refractivity (Wildman–Crippen MR) is 256 cm³/mol. The zero-order chi connectivity index (χ0) is 50.6. The minimum absolute atomic E-state index is 0.0168. The molecule has 1 aromatic rings. The van der Waals surface area contributed by atoms with Crippen LogP contribution < -0.4 is 0 Å². The van der Waals surface area contributed by atoms with Gasteiger partial charge in [0.2, 0.25) is 5.79 Å². The highest BCUT2D eigenvalue weighted by molar-refractivity contribution is 6.39. The van der Waals surface area contributed by atoms with Crippen LogP contribution in [-0.2, 0) is 47.7 Å². The molecule has 4 aliphatic rings. The van der Waals surface area contributed by atoms with Gasteiger partial charge in [-0.25, -0.2) is 4.79 Å². The number of ether oxygens (including phenoxy) is 5. The van der Waals surface area contributed by atoms with Gasteiger partial charge >= 0.3 is 5.97 Å². The van der Waals surface area contributed by atoms with Gasteiger partial charge in [-0.1, -0.05) is 71.1 Å². The third-order valence-corrected chi connectivity index (χ3v) is 15.1. The van der Waals surface area contributed by atoms with Gasteiger partial charge in [-0.05, 0) is 112 Å². The van der Waals surface area contributed by atoms with Gasteiger partial charge in [-0.2, -0.15) is 4.80 Å². The Morgan fingerprint density at radius 1 is 0.884 bits per heavy atom. The number of cyclic esters (lactones) is 1. The molecule has 1 aliphatic carbocycles. The second kappa shape index (κ2) is 25.7. The van der Waals surface area contributed by atoms with Crippen molar-refractivity contribution in [3.63, 3.8) is 0 Å². The maximum atomic E-state index is 14.5. The van der Waals surface area contributed by atoms with Crippen molar-refractivity contribution in [1.82, 2.24) is 25.1 Å². The van der Waals surface area contributed by atoms with E-state index in [0.717, 1.165) is 18.4 Å². The quantitative estimate of drug-likeness (QED) is 0.181. The number of esters is 1. The Hall–Kier alpha value is -4.26. The number of fused-ring (bicyclic) bond motifs is 3. The molecular weight excluding hydrogens is 887 g/mol. The van der Waals surface area contributed by atoms with Crippen LogP contribution in [0.15, 0.2) is 53.9 Å². The summed E-state index contributed by atoms with van der Waals surface area (Å²) in [7, 11) is 4.61. The average Bonchev–Trinajstić information content (AvgIpc) is 3.88. The maximum absolute atomic E-state index is 14.5. The first-order valence-corrected chi connectivity index (χ1v) is 25.0. The molecule has 1 amide bonds. The molecule has 5 unspecified atom stereocenters. The fraction of sp³-hybridized carbons (Fsp3) is 0.731. The number of rotatable bonds is 7. The number of hydrogen-bond acceptors (Lipinski definition) is 15. The summed E-state index contributed by atoms with van der Waals surface area (Å²) < 4.78 is 29.9. The number of ketones is 3. The van der Waals surface area contributed by atoms with E-state index < -0.39 is 77.8 Å². The normalized spacial score (nSPS) is 38.8. The van der Waals surface area contributed by atoms with E-state index in [1.54, 1.807) is 45.9 Å². The lowest BCUT2D eigenvalue weighted by atomic mass is 9.77. The predicted octanol–water partition coefficient (Wildman–Crippen LogP) is 6.05. The first-order chi connectivity index (χ1) is 32.8. The third kappa shape index (κ3) is 14.2. The van der Waals surface area contributed by atoms with E-state index in [1.165, 1.54) is 18.3 Å². The van der Waals surface area contributed by atoms with Crippen LogP contribution in [0, 0.1) is 35.5 Å². The number of amides is 1. The summed E-state index contributed by atoms with van der Waals surface area (Å²) in [5.74, 6) is -7.94. The Balaban J connectivity index is 1.46.